The lowest BCUT2D eigenvalue weighted by Crippen LogP contribution is -2.41. The second-order valence-corrected chi connectivity index (χ2v) is 8.33. The fourth-order valence-corrected chi connectivity index (χ4v) is 4.89. The lowest BCUT2D eigenvalue weighted by atomic mass is 9.96. The maximum atomic E-state index is 13.4. The zero-order valence-corrected chi connectivity index (χ0v) is 15.8. The Hall–Kier alpha value is -1.73. The summed E-state index contributed by atoms with van der Waals surface area (Å²) in [4.78, 5) is 21.2. The van der Waals surface area contributed by atoms with Crippen LogP contribution in [-0.4, -0.2) is 55.7 Å². The van der Waals surface area contributed by atoms with Crippen LogP contribution in [0, 0.1) is 17.7 Å². The van der Waals surface area contributed by atoms with E-state index in [1.807, 2.05) is 11.9 Å². The number of amides is 1. The molecule has 1 unspecified atom stereocenters. The molecule has 0 spiro atoms. The minimum atomic E-state index is -0.216. The summed E-state index contributed by atoms with van der Waals surface area (Å²) in [6.45, 7) is 3.95. The van der Waals surface area contributed by atoms with Gasteiger partial charge in [0.1, 0.15) is 5.82 Å². The van der Waals surface area contributed by atoms with Crippen LogP contribution in [0.2, 0.25) is 0 Å². The van der Waals surface area contributed by atoms with E-state index in [2.05, 4.69) is 9.88 Å². The standard InChI is InChI=1S/C19H24FN3O2S/c1-22(18(24)14-6-9-25-12-14)11-13-4-7-23(8-5-13)19-21-16-3-2-15(20)10-17(16)26-19/h2-3,10,13-14H,4-9,11-12H2,1H3. The molecule has 0 aliphatic carbocycles. The second-order valence-electron chi connectivity index (χ2n) is 7.32. The molecule has 0 saturated carbocycles. The fraction of sp³-hybridized carbons (Fsp3) is 0.579. The Morgan fingerprint density at radius 3 is 2.92 bits per heavy atom. The lowest BCUT2D eigenvalue weighted by molar-refractivity contribution is -0.134. The number of hydrogen-bond donors (Lipinski definition) is 0. The van der Waals surface area contributed by atoms with Crippen LogP contribution in [0.4, 0.5) is 9.52 Å². The lowest BCUT2D eigenvalue weighted by Gasteiger charge is -2.34. The van der Waals surface area contributed by atoms with Gasteiger partial charge in [0.15, 0.2) is 5.13 Å². The Bertz CT molecular complexity index is 782. The number of thiazole rings is 1. The first-order valence-corrected chi connectivity index (χ1v) is 10.1. The smallest absolute Gasteiger partial charge is 0.227 e. The largest absolute Gasteiger partial charge is 0.381 e. The van der Waals surface area contributed by atoms with Crippen molar-refractivity contribution in [1.29, 1.82) is 0 Å². The van der Waals surface area contributed by atoms with Crippen molar-refractivity contribution in [3.8, 4) is 0 Å². The zero-order valence-electron chi connectivity index (χ0n) is 15.0. The van der Waals surface area contributed by atoms with Gasteiger partial charge in [-0.1, -0.05) is 11.3 Å². The van der Waals surface area contributed by atoms with Crippen LogP contribution >= 0.6 is 11.3 Å². The third-order valence-corrected chi connectivity index (χ3v) is 6.49. The summed E-state index contributed by atoms with van der Waals surface area (Å²) in [5.41, 5.74) is 0.859. The van der Waals surface area contributed by atoms with Gasteiger partial charge in [-0.05, 0) is 43.4 Å². The van der Waals surface area contributed by atoms with E-state index >= 15 is 0 Å². The van der Waals surface area contributed by atoms with Crippen LogP contribution in [0.5, 0.6) is 0 Å². The molecule has 4 rings (SSSR count). The molecule has 5 nitrogen and oxygen atoms in total. The Morgan fingerprint density at radius 1 is 1.38 bits per heavy atom. The highest BCUT2D eigenvalue weighted by atomic mass is 32.1. The molecule has 140 valence electrons. The summed E-state index contributed by atoms with van der Waals surface area (Å²) >= 11 is 1.55. The van der Waals surface area contributed by atoms with Gasteiger partial charge in [0.25, 0.3) is 0 Å². The highest BCUT2D eigenvalue weighted by molar-refractivity contribution is 7.22. The average Bonchev–Trinajstić information content (AvgIpc) is 3.31. The number of anilines is 1. The molecule has 2 aliphatic heterocycles. The Labute approximate surface area is 156 Å². The summed E-state index contributed by atoms with van der Waals surface area (Å²) < 4.78 is 19.6. The van der Waals surface area contributed by atoms with Gasteiger partial charge in [0.05, 0.1) is 22.7 Å². The number of carbonyl (C=O) groups is 1. The van der Waals surface area contributed by atoms with E-state index < -0.39 is 0 Å². The van der Waals surface area contributed by atoms with Gasteiger partial charge in [-0.2, -0.15) is 0 Å². The van der Waals surface area contributed by atoms with Crippen LogP contribution in [-0.2, 0) is 9.53 Å². The number of fused-ring (bicyclic) bond motifs is 1. The monoisotopic (exact) mass is 377 g/mol. The molecule has 1 atom stereocenters. The first-order valence-electron chi connectivity index (χ1n) is 9.24. The van der Waals surface area contributed by atoms with Crippen LogP contribution in [0.1, 0.15) is 19.3 Å². The second kappa shape index (κ2) is 7.48. The minimum Gasteiger partial charge on any atom is -0.381 e. The van der Waals surface area contributed by atoms with Gasteiger partial charge in [-0.3, -0.25) is 4.79 Å². The van der Waals surface area contributed by atoms with E-state index in [9.17, 15) is 9.18 Å². The van der Waals surface area contributed by atoms with E-state index in [-0.39, 0.29) is 17.6 Å². The average molecular weight is 377 g/mol. The number of carbonyl (C=O) groups excluding carboxylic acids is 1. The first-order chi connectivity index (χ1) is 12.6. The third kappa shape index (κ3) is 3.69. The number of rotatable bonds is 4. The molecule has 2 aromatic rings. The molecule has 2 aliphatic rings. The molecule has 2 saturated heterocycles. The molecule has 2 fully saturated rings. The molecule has 0 radical (unpaired) electrons. The zero-order chi connectivity index (χ0) is 18.1. The summed E-state index contributed by atoms with van der Waals surface area (Å²) in [7, 11) is 1.91. The van der Waals surface area contributed by atoms with Crippen molar-refractivity contribution >= 4 is 32.6 Å². The molecule has 1 amide bonds. The van der Waals surface area contributed by atoms with Gasteiger partial charge >= 0.3 is 0 Å². The summed E-state index contributed by atoms with van der Waals surface area (Å²) in [6, 6.07) is 4.75. The SMILES string of the molecule is CN(CC1CCN(c2nc3ccc(F)cc3s2)CC1)C(=O)C1CCOC1. The van der Waals surface area contributed by atoms with Crippen molar-refractivity contribution in [2.75, 3.05) is 44.8 Å². The van der Waals surface area contributed by atoms with Crippen molar-refractivity contribution in [1.82, 2.24) is 9.88 Å². The van der Waals surface area contributed by atoms with E-state index in [0.717, 1.165) is 54.2 Å². The third-order valence-electron chi connectivity index (χ3n) is 5.41. The van der Waals surface area contributed by atoms with E-state index in [1.165, 1.54) is 6.07 Å². The molecule has 0 N–H and O–H groups in total. The van der Waals surface area contributed by atoms with Crippen LogP contribution in [0.25, 0.3) is 10.2 Å². The molecule has 0 bridgehead atoms. The van der Waals surface area contributed by atoms with E-state index in [1.54, 1.807) is 23.5 Å². The Morgan fingerprint density at radius 2 is 2.19 bits per heavy atom. The molecule has 1 aromatic carbocycles. The summed E-state index contributed by atoms with van der Waals surface area (Å²) in [6.07, 6.45) is 2.94. The highest BCUT2D eigenvalue weighted by Gasteiger charge is 2.29. The molecule has 26 heavy (non-hydrogen) atoms. The molecule has 1 aromatic heterocycles. The predicted molar refractivity (Wildman–Crippen MR) is 101 cm³/mol. The van der Waals surface area contributed by atoms with Crippen LogP contribution in [0.15, 0.2) is 18.2 Å². The number of ether oxygens (including phenoxy) is 1. The highest BCUT2D eigenvalue weighted by Crippen LogP contribution is 2.32. The Kier molecular flexibility index (Phi) is 5.09. The van der Waals surface area contributed by atoms with Gasteiger partial charge in [0, 0.05) is 33.3 Å². The summed E-state index contributed by atoms with van der Waals surface area (Å²) in [5, 5.41) is 0.969. The fourth-order valence-electron chi connectivity index (χ4n) is 3.85. The first kappa shape index (κ1) is 17.7. The van der Waals surface area contributed by atoms with Crippen molar-refractivity contribution in [2.24, 2.45) is 11.8 Å². The van der Waals surface area contributed by atoms with Crippen molar-refractivity contribution in [2.45, 2.75) is 19.3 Å². The normalized spacial score (nSPS) is 21.5. The number of nitrogens with zero attached hydrogens (tertiary/aromatic N) is 3. The number of piperidine rings is 1. The van der Waals surface area contributed by atoms with E-state index in [0.29, 0.717) is 19.1 Å². The maximum Gasteiger partial charge on any atom is 0.227 e. The predicted octanol–water partition coefficient (Wildman–Crippen LogP) is 3.15. The van der Waals surface area contributed by atoms with Crippen LogP contribution in [0.3, 0.4) is 0 Å². The number of benzene rings is 1. The van der Waals surface area contributed by atoms with Gasteiger partial charge in [0.2, 0.25) is 5.91 Å². The minimum absolute atomic E-state index is 0.0447. The Balaban J connectivity index is 1.32. The van der Waals surface area contributed by atoms with Gasteiger partial charge < -0.3 is 14.5 Å². The van der Waals surface area contributed by atoms with Crippen LogP contribution < -0.4 is 4.90 Å². The van der Waals surface area contributed by atoms with Crippen molar-refractivity contribution in [3.05, 3.63) is 24.0 Å². The maximum absolute atomic E-state index is 13.4. The van der Waals surface area contributed by atoms with Gasteiger partial charge in [-0.25, -0.2) is 9.37 Å². The van der Waals surface area contributed by atoms with Crippen molar-refractivity contribution < 1.29 is 13.9 Å². The molecule has 3 heterocycles. The quantitative estimate of drug-likeness (QED) is 0.821. The number of halogens is 1. The van der Waals surface area contributed by atoms with Crippen molar-refractivity contribution in [3.63, 3.8) is 0 Å². The number of hydrogen-bond acceptors (Lipinski definition) is 5. The van der Waals surface area contributed by atoms with E-state index in [4.69, 9.17) is 4.74 Å². The molecule has 7 heteroatoms. The topological polar surface area (TPSA) is 45.7 Å². The molecular weight excluding hydrogens is 353 g/mol. The van der Waals surface area contributed by atoms with Gasteiger partial charge in [-0.15, -0.1) is 0 Å². The molecular formula is C19H24FN3O2S. The number of aromatic nitrogens is 1. The summed E-state index contributed by atoms with van der Waals surface area (Å²) in [5.74, 6) is 0.572.